The van der Waals surface area contributed by atoms with Gasteiger partial charge in [0, 0.05) is 18.4 Å². The van der Waals surface area contributed by atoms with Crippen molar-refractivity contribution in [1.82, 2.24) is 9.55 Å². The largest absolute Gasteiger partial charge is 0.358 e. The highest BCUT2D eigenvalue weighted by atomic mass is 32.2. The van der Waals surface area contributed by atoms with Crippen LogP contribution in [-0.2, 0) is 12.3 Å². The van der Waals surface area contributed by atoms with Crippen LogP contribution in [0.4, 0.5) is 5.82 Å². The molecule has 6 heteroatoms. The second-order valence-electron chi connectivity index (χ2n) is 4.11. The molecule has 100 valence electrons. The predicted octanol–water partition coefficient (Wildman–Crippen LogP) is 3.03. The molecule has 0 spiro atoms. The highest BCUT2D eigenvalue weighted by Gasteiger charge is 2.16. The molecular weight excluding hydrogens is 262 g/mol. The van der Waals surface area contributed by atoms with Crippen molar-refractivity contribution in [2.75, 3.05) is 5.75 Å². The van der Waals surface area contributed by atoms with Crippen LogP contribution in [0.15, 0.2) is 36.5 Å². The van der Waals surface area contributed by atoms with Crippen LogP contribution in [0, 0.1) is 17.0 Å². The molecule has 0 aliphatic heterocycles. The van der Waals surface area contributed by atoms with Gasteiger partial charge in [0.15, 0.2) is 5.82 Å². The highest BCUT2D eigenvalue weighted by Crippen LogP contribution is 2.17. The maximum atomic E-state index is 10.8. The summed E-state index contributed by atoms with van der Waals surface area (Å²) in [6, 6.07) is 10.2. The molecule has 19 heavy (non-hydrogen) atoms. The van der Waals surface area contributed by atoms with Crippen molar-refractivity contribution in [1.29, 1.82) is 0 Å². The molecule has 0 atom stereocenters. The van der Waals surface area contributed by atoms with E-state index in [1.54, 1.807) is 23.3 Å². The van der Waals surface area contributed by atoms with Crippen molar-refractivity contribution >= 4 is 17.6 Å². The summed E-state index contributed by atoms with van der Waals surface area (Å²) < 4.78 is 1.65. The number of rotatable bonds is 6. The minimum atomic E-state index is -0.387. The Morgan fingerprint density at radius 1 is 1.37 bits per heavy atom. The number of aromatic nitrogens is 2. The van der Waals surface area contributed by atoms with Crippen molar-refractivity contribution in [2.45, 2.75) is 19.2 Å². The van der Waals surface area contributed by atoms with Crippen LogP contribution in [0.5, 0.6) is 0 Å². The van der Waals surface area contributed by atoms with Gasteiger partial charge in [-0.3, -0.25) is 0 Å². The van der Waals surface area contributed by atoms with Gasteiger partial charge in [-0.05, 0) is 10.5 Å². The number of hydrogen-bond donors (Lipinski definition) is 0. The maximum Gasteiger partial charge on any atom is 0.342 e. The van der Waals surface area contributed by atoms with E-state index < -0.39 is 0 Å². The average Bonchev–Trinajstić information content (AvgIpc) is 2.77. The Bertz CT molecular complexity index is 554. The molecule has 0 aliphatic carbocycles. The third-order valence-electron chi connectivity index (χ3n) is 2.79. The van der Waals surface area contributed by atoms with Gasteiger partial charge >= 0.3 is 5.82 Å². The lowest BCUT2D eigenvalue weighted by Gasteiger charge is -2.03. The van der Waals surface area contributed by atoms with Gasteiger partial charge in [-0.25, -0.2) is 9.55 Å². The predicted molar refractivity (Wildman–Crippen MR) is 76.2 cm³/mol. The Morgan fingerprint density at radius 3 is 2.79 bits per heavy atom. The van der Waals surface area contributed by atoms with Crippen LogP contribution in [0.2, 0.25) is 0 Å². The lowest BCUT2D eigenvalue weighted by molar-refractivity contribution is -0.392. The van der Waals surface area contributed by atoms with Crippen LogP contribution in [0.1, 0.15) is 11.4 Å². The molecule has 0 fully saturated rings. The molecule has 1 aromatic carbocycles. The van der Waals surface area contributed by atoms with Crippen molar-refractivity contribution in [3.8, 4) is 0 Å². The van der Waals surface area contributed by atoms with Gasteiger partial charge in [-0.1, -0.05) is 30.3 Å². The molecule has 0 aliphatic rings. The number of nitro groups is 1. The van der Waals surface area contributed by atoms with Gasteiger partial charge in [0.1, 0.15) is 12.7 Å². The number of hydrogen-bond acceptors (Lipinski definition) is 4. The second kappa shape index (κ2) is 6.38. The Balaban J connectivity index is 1.86. The Kier molecular flexibility index (Phi) is 4.57. The molecular formula is C13H15N3O2S. The van der Waals surface area contributed by atoms with E-state index >= 15 is 0 Å². The van der Waals surface area contributed by atoms with Gasteiger partial charge in [0.2, 0.25) is 0 Å². The molecule has 0 saturated carbocycles. The SMILES string of the molecule is Cc1ncc([N+](=O)[O-])n1CCSCc1ccccc1. The van der Waals surface area contributed by atoms with Crippen molar-refractivity contribution < 1.29 is 4.92 Å². The number of thioether (sulfide) groups is 1. The fourth-order valence-electron chi connectivity index (χ4n) is 1.80. The summed E-state index contributed by atoms with van der Waals surface area (Å²) in [4.78, 5) is 14.4. The van der Waals surface area contributed by atoms with E-state index in [0.717, 1.165) is 11.5 Å². The summed E-state index contributed by atoms with van der Waals surface area (Å²) in [5.41, 5.74) is 1.27. The summed E-state index contributed by atoms with van der Waals surface area (Å²) in [5, 5.41) is 10.8. The molecule has 0 bridgehead atoms. The summed E-state index contributed by atoms with van der Waals surface area (Å²) in [6.45, 7) is 2.40. The quantitative estimate of drug-likeness (QED) is 0.462. The van der Waals surface area contributed by atoms with E-state index in [1.807, 2.05) is 18.2 Å². The Labute approximate surface area is 115 Å². The topological polar surface area (TPSA) is 61.0 Å². The zero-order valence-electron chi connectivity index (χ0n) is 10.7. The fourth-order valence-corrected chi connectivity index (χ4v) is 2.68. The zero-order valence-corrected chi connectivity index (χ0v) is 11.5. The molecule has 2 aromatic rings. The monoisotopic (exact) mass is 277 g/mol. The molecule has 5 nitrogen and oxygen atoms in total. The molecule has 0 N–H and O–H groups in total. The van der Waals surface area contributed by atoms with Gasteiger partial charge in [0.25, 0.3) is 0 Å². The van der Waals surface area contributed by atoms with E-state index in [-0.39, 0.29) is 10.7 Å². The third-order valence-corrected chi connectivity index (χ3v) is 3.80. The van der Waals surface area contributed by atoms with E-state index in [2.05, 4.69) is 17.1 Å². The normalized spacial score (nSPS) is 10.6. The maximum absolute atomic E-state index is 10.8. The molecule has 0 radical (unpaired) electrons. The van der Waals surface area contributed by atoms with Crippen LogP contribution >= 0.6 is 11.8 Å². The number of benzene rings is 1. The Hall–Kier alpha value is -1.82. The van der Waals surface area contributed by atoms with Crippen LogP contribution < -0.4 is 0 Å². The fraction of sp³-hybridized carbons (Fsp3) is 0.308. The summed E-state index contributed by atoms with van der Waals surface area (Å²) in [6.07, 6.45) is 1.32. The van der Waals surface area contributed by atoms with Crippen LogP contribution in [0.3, 0.4) is 0 Å². The first-order valence-corrected chi connectivity index (χ1v) is 7.12. The van der Waals surface area contributed by atoms with Crippen molar-refractivity contribution in [3.63, 3.8) is 0 Å². The van der Waals surface area contributed by atoms with Crippen molar-refractivity contribution in [3.05, 3.63) is 58.0 Å². The average molecular weight is 277 g/mol. The van der Waals surface area contributed by atoms with Gasteiger partial charge in [0.05, 0.1) is 0 Å². The van der Waals surface area contributed by atoms with Gasteiger partial charge in [-0.2, -0.15) is 11.8 Å². The minimum Gasteiger partial charge on any atom is -0.358 e. The van der Waals surface area contributed by atoms with Gasteiger partial charge in [-0.15, -0.1) is 0 Å². The first-order chi connectivity index (χ1) is 9.18. The van der Waals surface area contributed by atoms with E-state index in [9.17, 15) is 10.1 Å². The van der Waals surface area contributed by atoms with Crippen LogP contribution in [-0.4, -0.2) is 20.2 Å². The highest BCUT2D eigenvalue weighted by molar-refractivity contribution is 7.98. The van der Waals surface area contributed by atoms with E-state index in [1.165, 1.54) is 11.8 Å². The molecule has 1 aromatic heterocycles. The third kappa shape index (κ3) is 3.57. The summed E-state index contributed by atoms with van der Waals surface area (Å²) in [7, 11) is 0. The molecule has 0 unspecified atom stereocenters. The zero-order chi connectivity index (χ0) is 13.7. The smallest absolute Gasteiger partial charge is 0.342 e. The van der Waals surface area contributed by atoms with Crippen molar-refractivity contribution in [2.24, 2.45) is 0 Å². The van der Waals surface area contributed by atoms with E-state index in [4.69, 9.17) is 0 Å². The minimum absolute atomic E-state index is 0.0674. The first-order valence-electron chi connectivity index (χ1n) is 5.96. The molecule has 1 heterocycles. The Morgan fingerprint density at radius 2 is 2.11 bits per heavy atom. The molecule has 2 rings (SSSR count). The van der Waals surface area contributed by atoms with E-state index in [0.29, 0.717) is 12.4 Å². The first kappa shape index (κ1) is 13.6. The number of imidazole rings is 1. The second-order valence-corrected chi connectivity index (χ2v) is 5.22. The summed E-state index contributed by atoms with van der Waals surface area (Å²) >= 11 is 1.76. The van der Waals surface area contributed by atoms with Crippen LogP contribution in [0.25, 0.3) is 0 Å². The lowest BCUT2D eigenvalue weighted by atomic mass is 10.2. The molecule has 0 saturated heterocycles. The molecule has 0 amide bonds. The lowest BCUT2D eigenvalue weighted by Crippen LogP contribution is -2.06. The standard InChI is InChI=1S/C13H15N3O2S/c1-11-14-9-13(16(17)18)15(11)7-8-19-10-12-5-3-2-4-6-12/h2-6,9H,7-8,10H2,1H3. The van der Waals surface area contributed by atoms with Gasteiger partial charge < -0.3 is 10.1 Å². The number of aryl methyl sites for hydroxylation is 1. The number of nitrogens with zero attached hydrogens (tertiary/aromatic N) is 3. The summed E-state index contributed by atoms with van der Waals surface area (Å²) in [5.74, 6) is 2.50.